The summed E-state index contributed by atoms with van der Waals surface area (Å²) in [5.41, 5.74) is 0.857. The summed E-state index contributed by atoms with van der Waals surface area (Å²) in [4.78, 5) is 16.8. The Balaban J connectivity index is 1.70. The second-order valence-electron chi connectivity index (χ2n) is 4.72. The quantitative estimate of drug-likeness (QED) is 0.829. The molecule has 2 N–H and O–H groups in total. The molecule has 0 bridgehead atoms. The summed E-state index contributed by atoms with van der Waals surface area (Å²) in [6.07, 6.45) is 0. The lowest BCUT2D eigenvalue weighted by molar-refractivity contribution is -0.908. The van der Waals surface area contributed by atoms with E-state index < -0.39 is 0 Å². The van der Waals surface area contributed by atoms with Crippen molar-refractivity contribution in [2.24, 2.45) is 0 Å². The van der Waals surface area contributed by atoms with E-state index in [9.17, 15) is 4.79 Å². The summed E-state index contributed by atoms with van der Waals surface area (Å²) in [7, 11) is 0. The number of rotatable bonds is 3. The van der Waals surface area contributed by atoms with E-state index in [2.05, 4.69) is 15.5 Å². The van der Waals surface area contributed by atoms with Crippen LogP contribution < -0.4 is 10.2 Å². The summed E-state index contributed by atoms with van der Waals surface area (Å²) in [5.74, 6) is 1.14. The highest BCUT2D eigenvalue weighted by Crippen LogP contribution is 2.18. The van der Waals surface area contributed by atoms with Gasteiger partial charge in [-0.2, -0.15) is 4.98 Å². The van der Waals surface area contributed by atoms with Crippen molar-refractivity contribution in [1.29, 1.82) is 0 Å². The largest absolute Gasteiger partial charge is 0.346 e. The van der Waals surface area contributed by atoms with Gasteiger partial charge in [-0.25, -0.2) is 0 Å². The van der Waals surface area contributed by atoms with E-state index in [1.54, 1.807) is 12.1 Å². The number of hydrogen-bond acceptors (Lipinski definition) is 4. The lowest BCUT2D eigenvalue weighted by Gasteiger charge is -2.21. The molecule has 104 valence electrons. The number of hydrogen-bond donors (Lipinski definition) is 2. The minimum Gasteiger partial charge on any atom is -0.346 e. The van der Waals surface area contributed by atoms with Crippen molar-refractivity contribution in [3.8, 4) is 11.4 Å². The summed E-state index contributed by atoms with van der Waals surface area (Å²) in [5, 5.41) is 7.42. The summed E-state index contributed by atoms with van der Waals surface area (Å²) >= 11 is 5.84. The number of amides is 1. The SMILES string of the molecule is O=C1C[NH+](Cc2nc(-c3ccc(Cl)cc3)no2)CCN1. The van der Waals surface area contributed by atoms with Crippen LogP contribution in [-0.2, 0) is 11.3 Å². The van der Waals surface area contributed by atoms with E-state index in [1.807, 2.05) is 12.1 Å². The topological polar surface area (TPSA) is 72.5 Å². The number of halogens is 1. The van der Waals surface area contributed by atoms with Crippen LogP contribution in [0.25, 0.3) is 11.4 Å². The minimum absolute atomic E-state index is 0.0590. The number of nitrogens with zero attached hydrogens (tertiary/aromatic N) is 2. The molecule has 0 aliphatic carbocycles. The van der Waals surface area contributed by atoms with Crippen molar-refractivity contribution in [2.75, 3.05) is 19.6 Å². The van der Waals surface area contributed by atoms with Gasteiger partial charge in [-0.1, -0.05) is 16.8 Å². The lowest BCUT2D eigenvalue weighted by Crippen LogP contribution is -3.14. The molecule has 1 fully saturated rings. The second kappa shape index (κ2) is 5.60. The highest BCUT2D eigenvalue weighted by atomic mass is 35.5. The monoisotopic (exact) mass is 293 g/mol. The molecular formula is C13H14ClN4O2+. The Bertz CT molecular complexity index is 611. The second-order valence-corrected chi connectivity index (χ2v) is 5.16. The standard InChI is InChI=1S/C13H13ClN4O2/c14-10-3-1-9(2-4-10)13-16-12(20-17-13)8-18-6-5-15-11(19)7-18/h1-4H,5-8H2,(H,15,19)/p+1. The maximum absolute atomic E-state index is 11.3. The van der Waals surface area contributed by atoms with Gasteiger partial charge in [0.25, 0.3) is 11.8 Å². The minimum atomic E-state index is 0.0590. The fourth-order valence-electron chi connectivity index (χ4n) is 2.16. The summed E-state index contributed by atoms with van der Waals surface area (Å²) in [6.45, 7) is 2.56. The van der Waals surface area contributed by atoms with Crippen LogP contribution in [0.2, 0.25) is 5.02 Å². The van der Waals surface area contributed by atoms with Crippen LogP contribution in [0.5, 0.6) is 0 Å². The predicted molar refractivity (Wildman–Crippen MR) is 72.2 cm³/mol. The average Bonchev–Trinajstić information content (AvgIpc) is 2.88. The molecule has 1 unspecified atom stereocenters. The molecule has 0 spiro atoms. The van der Waals surface area contributed by atoms with E-state index in [0.29, 0.717) is 36.4 Å². The molecule has 1 aromatic heterocycles. The molecule has 1 aliphatic rings. The highest BCUT2D eigenvalue weighted by molar-refractivity contribution is 6.30. The van der Waals surface area contributed by atoms with E-state index in [4.69, 9.17) is 16.1 Å². The third-order valence-corrected chi connectivity index (χ3v) is 3.43. The first-order valence-electron chi connectivity index (χ1n) is 6.39. The first-order valence-corrected chi connectivity index (χ1v) is 6.77. The summed E-state index contributed by atoms with van der Waals surface area (Å²) in [6, 6.07) is 7.26. The molecular weight excluding hydrogens is 280 g/mol. The Labute approximate surface area is 120 Å². The molecule has 6 nitrogen and oxygen atoms in total. The zero-order valence-electron chi connectivity index (χ0n) is 10.7. The predicted octanol–water partition coefficient (Wildman–Crippen LogP) is -0.0953. The van der Waals surface area contributed by atoms with Gasteiger partial charge in [-0.3, -0.25) is 4.79 Å². The van der Waals surface area contributed by atoms with E-state index >= 15 is 0 Å². The zero-order valence-corrected chi connectivity index (χ0v) is 11.5. The van der Waals surface area contributed by atoms with Gasteiger partial charge in [0.2, 0.25) is 5.82 Å². The van der Waals surface area contributed by atoms with Crippen molar-refractivity contribution in [3.63, 3.8) is 0 Å². The van der Waals surface area contributed by atoms with Gasteiger partial charge >= 0.3 is 0 Å². The van der Waals surface area contributed by atoms with Crippen molar-refractivity contribution >= 4 is 17.5 Å². The molecule has 1 aromatic carbocycles. The zero-order chi connectivity index (χ0) is 13.9. The van der Waals surface area contributed by atoms with Crippen molar-refractivity contribution < 1.29 is 14.2 Å². The number of aromatic nitrogens is 2. The van der Waals surface area contributed by atoms with Gasteiger partial charge in [0.15, 0.2) is 13.1 Å². The van der Waals surface area contributed by atoms with Crippen LogP contribution in [0.15, 0.2) is 28.8 Å². The fraction of sp³-hybridized carbons (Fsp3) is 0.308. The van der Waals surface area contributed by atoms with E-state index in [0.717, 1.165) is 17.0 Å². The van der Waals surface area contributed by atoms with Crippen molar-refractivity contribution in [2.45, 2.75) is 6.54 Å². The molecule has 1 aliphatic heterocycles. The van der Waals surface area contributed by atoms with Gasteiger partial charge < -0.3 is 14.7 Å². The van der Waals surface area contributed by atoms with E-state index in [-0.39, 0.29) is 5.91 Å². The molecule has 0 radical (unpaired) electrons. The van der Waals surface area contributed by atoms with Gasteiger partial charge in [-0.05, 0) is 24.3 Å². The number of benzene rings is 1. The molecule has 20 heavy (non-hydrogen) atoms. The lowest BCUT2D eigenvalue weighted by atomic mass is 10.2. The maximum atomic E-state index is 11.3. The van der Waals surface area contributed by atoms with Crippen LogP contribution in [0, 0.1) is 0 Å². The molecule has 2 heterocycles. The van der Waals surface area contributed by atoms with Crippen LogP contribution in [0.1, 0.15) is 5.89 Å². The average molecular weight is 294 g/mol. The molecule has 1 atom stereocenters. The molecule has 0 saturated carbocycles. The Morgan fingerprint density at radius 2 is 2.15 bits per heavy atom. The Morgan fingerprint density at radius 1 is 1.35 bits per heavy atom. The Morgan fingerprint density at radius 3 is 2.90 bits per heavy atom. The summed E-state index contributed by atoms with van der Waals surface area (Å²) < 4.78 is 5.24. The first kappa shape index (κ1) is 13.1. The third kappa shape index (κ3) is 2.97. The van der Waals surface area contributed by atoms with Crippen molar-refractivity contribution in [3.05, 3.63) is 35.2 Å². The van der Waals surface area contributed by atoms with Gasteiger partial charge in [0.05, 0.1) is 13.1 Å². The first-order chi connectivity index (χ1) is 9.70. The highest BCUT2D eigenvalue weighted by Gasteiger charge is 2.22. The van der Waals surface area contributed by atoms with Crippen molar-refractivity contribution in [1.82, 2.24) is 15.5 Å². The number of piperazine rings is 1. The number of quaternary nitrogens is 1. The Hall–Kier alpha value is -1.92. The third-order valence-electron chi connectivity index (χ3n) is 3.18. The molecule has 1 amide bonds. The van der Waals surface area contributed by atoms with E-state index in [1.165, 1.54) is 0 Å². The van der Waals surface area contributed by atoms with Crippen LogP contribution in [-0.4, -0.2) is 35.7 Å². The molecule has 7 heteroatoms. The van der Waals surface area contributed by atoms with Gasteiger partial charge in [0, 0.05) is 10.6 Å². The normalized spacial score (nSPS) is 18.9. The maximum Gasteiger partial charge on any atom is 0.282 e. The Kier molecular flexibility index (Phi) is 3.66. The van der Waals surface area contributed by atoms with Crippen LogP contribution in [0.4, 0.5) is 0 Å². The van der Waals surface area contributed by atoms with Gasteiger partial charge in [0.1, 0.15) is 0 Å². The van der Waals surface area contributed by atoms with Crippen LogP contribution >= 0.6 is 11.6 Å². The number of carbonyl (C=O) groups excluding carboxylic acids is 1. The molecule has 1 saturated heterocycles. The van der Waals surface area contributed by atoms with Crippen LogP contribution in [0.3, 0.4) is 0 Å². The number of nitrogens with one attached hydrogen (secondary N) is 2. The molecule has 3 rings (SSSR count). The smallest absolute Gasteiger partial charge is 0.282 e. The molecule has 2 aromatic rings. The number of carbonyl (C=O) groups is 1. The fourth-order valence-corrected chi connectivity index (χ4v) is 2.29. The van der Waals surface area contributed by atoms with Gasteiger partial charge in [-0.15, -0.1) is 0 Å².